The summed E-state index contributed by atoms with van der Waals surface area (Å²) in [4.78, 5) is 8.01. The Morgan fingerprint density at radius 3 is 1.43 bits per heavy atom. The van der Waals surface area contributed by atoms with Gasteiger partial charge in [-0.25, -0.2) is 26.8 Å². The predicted octanol–water partition coefficient (Wildman–Crippen LogP) is 4.07. The number of hydrogen-bond donors (Lipinski definition) is 0. The van der Waals surface area contributed by atoms with Gasteiger partial charge in [-0.15, -0.1) is 0 Å². The van der Waals surface area contributed by atoms with Crippen molar-refractivity contribution in [3.8, 4) is 12.1 Å². The highest BCUT2D eigenvalue weighted by Gasteiger charge is 2.35. The maximum absolute atomic E-state index is 12.1. The summed E-state index contributed by atoms with van der Waals surface area (Å²) in [5, 5.41) is 21.2. The number of nitriles is 2. The maximum atomic E-state index is 12.1. The first-order chi connectivity index (χ1) is 19.1. The SMILES string of the molecule is C[C@@H]1CCS(=O)(=O)N1c1ccc2c(C#N)nccc2c1.C[C@H]1CCS(=O)(=O)N1c1ccc2c(C#N)nccc2c1. The van der Waals surface area contributed by atoms with Gasteiger partial charge in [0.1, 0.15) is 23.5 Å². The molecule has 4 aromatic rings. The lowest BCUT2D eigenvalue weighted by atomic mass is 10.1. The van der Waals surface area contributed by atoms with E-state index in [9.17, 15) is 16.8 Å². The van der Waals surface area contributed by atoms with E-state index in [0.717, 1.165) is 21.5 Å². The highest BCUT2D eigenvalue weighted by Crippen LogP contribution is 2.33. The third-order valence-electron chi connectivity index (χ3n) is 7.20. The molecule has 0 radical (unpaired) electrons. The zero-order valence-electron chi connectivity index (χ0n) is 21.9. The minimum absolute atomic E-state index is 0.0327. The Kier molecular flexibility index (Phi) is 7.08. The summed E-state index contributed by atoms with van der Waals surface area (Å²) >= 11 is 0. The minimum Gasteiger partial charge on any atom is -0.267 e. The van der Waals surface area contributed by atoms with Crippen molar-refractivity contribution in [3.05, 3.63) is 72.3 Å². The summed E-state index contributed by atoms with van der Waals surface area (Å²) in [7, 11) is -6.44. The Bertz CT molecular complexity index is 1790. The van der Waals surface area contributed by atoms with Crippen LogP contribution in [0, 0.1) is 22.7 Å². The third kappa shape index (κ3) is 4.92. The standard InChI is InChI=1S/2C14H13N3O2S/c2*1-10-5-7-20(18,19)17(10)12-2-3-13-11(8-12)4-6-16-14(13)9-15/h2*2-4,6,8,10H,5,7H2,1H3/t2*10-/m10/s1. The van der Waals surface area contributed by atoms with E-state index in [-0.39, 0.29) is 23.6 Å². The van der Waals surface area contributed by atoms with Gasteiger partial charge in [-0.05, 0) is 86.0 Å². The fraction of sp³-hybridized carbons (Fsp3) is 0.286. The number of sulfonamides is 2. The molecule has 0 N–H and O–H groups in total. The van der Waals surface area contributed by atoms with Crippen molar-refractivity contribution in [2.75, 3.05) is 20.1 Å². The second-order valence-electron chi connectivity index (χ2n) is 9.85. The molecular formula is C28H26N6O4S2. The van der Waals surface area contributed by atoms with Crippen molar-refractivity contribution in [2.45, 2.75) is 38.8 Å². The smallest absolute Gasteiger partial charge is 0.235 e. The Morgan fingerprint density at radius 1 is 0.700 bits per heavy atom. The summed E-state index contributed by atoms with van der Waals surface area (Å²) < 4.78 is 51.3. The van der Waals surface area contributed by atoms with Gasteiger partial charge in [0.15, 0.2) is 0 Å². The molecular weight excluding hydrogens is 548 g/mol. The van der Waals surface area contributed by atoms with Crippen LogP contribution in [0.1, 0.15) is 38.1 Å². The molecule has 2 fully saturated rings. The first-order valence-corrected chi connectivity index (χ1v) is 15.9. The van der Waals surface area contributed by atoms with Crippen LogP contribution in [-0.4, -0.2) is 50.4 Å². The highest BCUT2D eigenvalue weighted by atomic mass is 32.2. The summed E-state index contributed by atoms with van der Waals surface area (Å²) in [6.07, 6.45) is 4.40. The summed E-state index contributed by atoms with van der Waals surface area (Å²) in [6.45, 7) is 3.81. The molecule has 2 aliphatic rings. The number of nitrogens with zero attached hydrogens (tertiary/aromatic N) is 6. The van der Waals surface area contributed by atoms with Crippen LogP contribution in [0.2, 0.25) is 0 Å². The van der Waals surface area contributed by atoms with E-state index in [1.54, 1.807) is 60.9 Å². The number of hydrogen-bond acceptors (Lipinski definition) is 8. The summed E-state index contributed by atoms with van der Waals surface area (Å²) in [5.74, 6) is 0.373. The van der Waals surface area contributed by atoms with Crippen LogP contribution in [0.3, 0.4) is 0 Å². The molecule has 2 atom stereocenters. The molecule has 10 nitrogen and oxygen atoms in total. The Balaban J connectivity index is 0.000000161. The average Bonchev–Trinajstić information content (AvgIpc) is 3.38. The van der Waals surface area contributed by atoms with Crippen LogP contribution in [0.5, 0.6) is 0 Å². The Hall–Kier alpha value is -4.26. The lowest BCUT2D eigenvalue weighted by Crippen LogP contribution is -2.31. The molecule has 2 saturated heterocycles. The molecule has 12 heteroatoms. The topological polar surface area (TPSA) is 148 Å². The maximum Gasteiger partial charge on any atom is 0.235 e. The van der Waals surface area contributed by atoms with Crippen molar-refractivity contribution in [1.82, 2.24) is 9.97 Å². The molecule has 0 amide bonds. The van der Waals surface area contributed by atoms with E-state index in [1.165, 1.54) is 8.61 Å². The molecule has 204 valence electrons. The van der Waals surface area contributed by atoms with Gasteiger partial charge in [-0.2, -0.15) is 10.5 Å². The van der Waals surface area contributed by atoms with Crippen molar-refractivity contribution < 1.29 is 16.8 Å². The molecule has 0 bridgehead atoms. The number of fused-ring (bicyclic) bond motifs is 2. The highest BCUT2D eigenvalue weighted by molar-refractivity contribution is 7.93. The van der Waals surface area contributed by atoms with Crippen LogP contribution in [-0.2, 0) is 20.0 Å². The fourth-order valence-electron chi connectivity index (χ4n) is 5.23. The van der Waals surface area contributed by atoms with Crippen molar-refractivity contribution in [1.29, 1.82) is 10.5 Å². The number of benzene rings is 2. The zero-order chi connectivity index (χ0) is 28.7. The van der Waals surface area contributed by atoms with Gasteiger partial charge >= 0.3 is 0 Å². The monoisotopic (exact) mass is 574 g/mol. The van der Waals surface area contributed by atoms with E-state index >= 15 is 0 Å². The first kappa shape index (κ1) is 27.3. The van der Waals surface area contributed by atoms with Crippen molar-refractivity contribution in [2.24, 2.45) is 0 Å². The molecule has 40 heavy (non-hydrogen) atoms. The summed E-state index contributed by atoms with van der Waals surface area (Å²) in [6, 6.07) is 18.2. The van der Waals surface area contributed by atoms with E-state index in [1.807, 2.05) is 26.0 Å². The van der Waals surface area contributed by atoms with Gasteiger partial charge in [0.25, 0.3) is 0 Å². The number of rotatable bonds is 2. The second-order valence-corrected chi connectivity index (χ2v) is 13.8. The lowest BCUT2D eigenvalue weighted by molar-refractivity contribution is 0.596. The Morgan fingerprint density at radius 2 is 1.10 bits per heavy atom. The van der Waals surface area contributed by atoms with Gasteiger partial charge in [0.2, 0.25) is 20.0 Å². The molecule has 0 spiro atoms. The third-order valence-corrected chi connectivity index (χ3v) is 11.0. The van der Waals surface area contributed by atoms with Gasteiger partial charge in [-0.3, -0.25) is 8.61 Å². The van der Waals surface area contributed by atoms with Gasteiger partial charge in [0, 0.05) is 35.2 Å². The lowest BCUT2D eigenvalue weighted by Gasteiger charge is -2.22. The largest absolute Gasteiger partial charge is 0.267 e. The molecule has 4 heterocycles. The van der Waals surface area contributed by atoms with Gasteiger partial charge in [-0.1, -0.05) is 0 Å². The van der Waals surface area contributed by atoms with Crippen LogP contribution < -0.4 is 8.61 Å². The minimum atomic E-state index is -3.22. The van der Waals surface area contributed by atoms with Crippen LogP contribution in [0.4, 0.5) is 11.4 Å². The summed E-state index contributed by atoms with van der Waals surface area (Å²) in [5.41, 5.74) is 2.01. The molecule has 2 aliphatic heterocycles. The fourth-order valence-corrected chi connectivity index (χ4v) is 9.08. The molecule has 2 aromatic heterocycles. The van der Waals surface area contributed by atoms with E-state index in [4.69, 9.17) is 10.5 Å². The van der Waals surface area contributed by atoms with E-state index in [2.05, 4.69) is 9.97 Å². The van der Waals surface area contributed by atoms with E-state index in [0.29, 0.717) is 35.6 Å². The van der Waals surface area contributed by atoms with Gasteiger partial charge < -0.3 is 0 Å². The van der Waals surface area contributed by atoms with Crippen LogP contribution in [0.25, 0.3) is 21.5 Å². The number of aromatic nitrogens is 2. The Labute approximate surface area is 233 Å². The molecule has 0 saturated carbocycles. The molecule has 0 aliphatic carbocycles. The van der Waals surface area contributed by atoms with E-state index < -0.39 is 20.0 Å². The number of pyridine rings is 2. The second kappa shape index (κ2) is 10.4. The molecule has 2 aromatic carbocycles. The molecule has 0 unspecified atom stereocenters. The van der Waals surface area contributed by atoms with Crippen LogP contribution in [0.15, 0.2) is 60.9 Å². The zero-order valence-corrected chi connectivity index (χ0v) is 23.5. The van der Waals surface area contributed by atoms with Crippen molar-refractivity contribution in [3.63, 3.8) is 0 Å². The first-order valence-electron chi connectivity index (χ1n) is 12.7. The predicted molar refractivity (Wildman–Crippen MR) is 154 cm³/mol. The normalized spacial score (nSPS) is 21.0. The molecule has 6 rings (SSSR count). The van der Waals surface area contributed by atoms with Gasteiger partial charge in [0.05, 0.1) is 22.9 Å². The van der Waals surface area contributed by atoms with Crippen LogP contribution >= 0.6 is 0 Å². The number of anilines is 2. The van der Waals surface area contributed by atoms with Crippen molar-refractivity contribution >= 4 is 53.0 Å². The average molecular weight is 575 g/mol. The quantitative estimate of drug-likeness (QED) is 0.348.